The van der Waals surface area contributed by atoms with Gasteiger partial charge in [0.2, 0.25) is 0 Å². The van der Waals surface area contributed by atoms with Crippen LogP contribution in [0.2, 0.25) is 0 Å². The second-order valence-corrected chi connectivity index (χ2v) is 5.19. The number of carbonyl (C=O) groups excluding carboxylic acids is 1. The first kappa shape index (κ1) is 12.5. The molecule has 1 saturated heterocycles. The third-order valence-corrected chi connectivity index (χ3v) is 3.66. The fourth-order valence-electron chi connectivity index (χ4n) is 1.65. The Hall–Kier alpha value is -1.00. The van der Waals surface area contributed by atoms with E-state index in [-0.39, 0.29) is 5.91 Å². The fourth-order valence-corrected chi connectivity index (χ4v) is 2.41. The van der Waals surface area contributed by atoms with E-state index < -0.39 is 0 Å². The summed E-state index contributed by atoms with van der Waals surface area (Å²) >= 11 is 1.56. The van der Waals surface area contributed by atoms with E-state index in [9.17, 15) is 4.79 Å². The van der Waals surface area contributed by atoms with Gasteiger partial charge in [-0.1, -0.05) is 17.7 Å². The number of carbonyl (C=O) groups is 1. The number of amides is 1. The first-order valence-corrected chi connectivity index (χ1v) is 6.87. The number of hydroxylamine groups is 2. The maximum atomic E-state index is 11.8. The lowest BCUT2D eigenvalue weighted by atomic mass is 10.2. The third-order valence-electron chi connectivity index (χ3n) is 2.66. The summed E-state index contributed by atoms with van der Waals surface area (Å²) in [5.41, 5.74) is 1.24. The molecule has 4 heteroatoms. The van der Waals surface area contributed by atoms with Crippen LogP contribution in [-0.2, 0) is 9.63 Å². The zero-order chi connectivity index (χ0) is 12.1. The Balaban J connectivity index is 1.81. The van der Waals surface area contributed by atoms with Crippen LogP contribution in [0.1, 0.15) is 18.4 Å². The summed E-state index contributed by atoms with van der Waals surface area (Å²) in [5.74, 6) is 0.513. The smallest absolute Gasteiger partial charge is 0.256 e. The van der Waals surface area contributed by atoms with Crippen molar-refractivity contribution in [2.45, 2.75) is 24.7 Å². The van der Waals surface area contributed by atoms with Crippen molar-refractivity contribution in [2.75, 3.05) is 18.9 Å². The Bertz CT molecular complexity index is 372. The second-order valence-electron chi connectivity index (χ2n) is 4.14. The van der Waals surface area contributed by atoms with E-state index >= 15 is 0 Å². The summed E-state index contributed by atoms with van der Waals surface area (Å²) in [4.78, 5) is 18.3. The van der Waals surface area contributed by atoms with Crippen LogP contribution < -0.4 is 0 Å². The molecular weight excluding hydrogens is 234 g/mol. The monoisotopic (exact) mass is 251 g/mol. The first-order chi connectivity index (χ1) is 8.25. The van der Waals surface area contributed by atoms with Gasteiger partial charge in [-0.2, -0.15) is 0 Å². The molecule has 92 valence electrons. The predicted octanol–water partition coefficient (Wildman–Crippen LogP) is 2.64. The van der Waals surface area contributed by atoms with Crippen molar-refractivity contribution in [3.05, 3.63) is 29.8 Å². The van der Waals surface area contributed by atoms with Crippen molar-refractivity contribution in [2.24, 2.45) is 0 Å². The molecule has 3 nitrogen and oxygen atoms in total. The summed E-state index contributed by atoms with van der Waals surface area (Å²) in [5, 5.41) is 1.50. The molecule has 0 N–H and O–H groups in total. The van der Waals surface area contributed by atoms with Crippen molar-refractivity contribution in [3.63, 3.8) is 0 Å². The van der Waals surface area contributed by atoms with Crippen molar-refractivity contribution >= 4 is 17.7 Å². The molecule has 1 aliphatic heterocycles. The highest BCUT2D eigenvalue weighted by molar-refractivity contribution is 8.00. The van der Waals surface area contributed by atoms with E-state index in [0.717, 1.165) is 24.3 Å². The number of benzene rings is 1. The summed E-state index contributed by atoms with van der Waals surface area (Å²) in [6, 6.07) is 8.21. The Kier molecular flexibility index (Phi) is 4.45. The van der Waals surface area contributed by atoms with Crippen molar-refractivity contribution in [1.82, 2.24) is 5.06 Å². The summed E-state index contributed by atoms with van der Waals surface area (Å²) < 4.78 is 0. The van der Waals surface area contributed by atoms with E-state index in [4.69, 9.17) is 4.84 Å². The van der Waals surface area contributed by atoms with E-state index in [0.29, 0.717) is 12.4 Å². The van der Waals surface area contributed by atoms with E-state index in [1.54, 1.807) is 11.8 Å². The molecule has 0 aliphatic carbocycles. The van der Waals surface area contributed by atoms with Gasteiger partial charge in [-0.05, 0) is 31.9 Å². The minimum absolute atomic E-state index is 0.0651. The van der Waals surface area contributed by atoms with Crippen LogP contribution in [0.5, 0.6) is 0 Å². The molecule has 0 aromatic heterocycles. The summed E-state index contributed by atoms with van der Waals surface area (Å²) in [7, 11) is 0. The van der Waals surface area contributed by atoms with Gasteiger partial charge in [-0.25, -0.2) is 5.06 Å². The van der Waals surface area contributed by atoms with Crippen LogP contribution in [-0.4, -0.2) is 29.9 Å². The minimum Gasteiger partial charge on any atom is -0.272 e. The van der Waals surface area contributed by atoms with Crippen LogP contribution in [0.3, 0.4) is 0 Å². The van der Waals surface area contributed by atoms with Crippen molar-refractivity contribution < 1.29 is 9.63 Å². The van der Waals surface area contributed by atoms with Crippen LogP contribution in [0.25, 0.3) is 0 Å². The third kappa shape index (κ3) is 3.75. The summed E-state index contributed by atoms with van der Waals surface area (Å²) in [6.07, 6.45) is 2.09. The average molecular weight is 251 g/mol. The van der Waals surface area contributed by atoms with Gasteiger partial charge in [0.05, 0.1) is 12.4 Å². The fraction of sp³-hybridized carbons (Fsp3) is 0.462. The lowest BCUT2D eigenvalue weighted by molar-refractivity contribution is -0.194. The first-order valence-electron chi connectivity index (χ1n) is 5.88. The number of rotatable bonds is 3. The quantitative estimate of drug-likeness (QED) is 0.773. The largest absolute Gasteiger partial charge is 0.272 e. The molecule has 1 heterocycles. The molecular formula is C13H17NO2S. The lowest BCUT2D eigenvalue weighted by Crippen LogP contribution is -2.36. The molecule has 0 spiro atoms. The standard InChI is InChI=1S/C13H17NO2S/c1-11-4-6-12(7-5-11)17-10-13(15)14-8-2-3-9-16-14/h4-7H,2-3,8-10H2,1H3. The van der Waals surface area contributed by atoms with E-state index in [1.165, 1.54) is 10.6 Å². The van der Waals surface area contributed by atoms with Crippen LogP contribution in [0, 0.1) is 6.92 Å². The van der Waals surface area contributed by atoms with Gasteiger partial charge in [0.25, 0.3) is 5.91 Å². The minimum atomic E-state index is 0.0651. The van der Waals surface area contributed by atoms with Gasteiger partial charge in [0.15, 0.2) is 0 Å². The van der Waals surface area contributed by atoms with Gasteiger partial charge in [-0.3, -0.25) is 9.63 Å². The Labute approximate surface area is 106 Å². The van der Waals surface area contributed by atoms with Crippen molar-refractivity contribution in [3.8, 4) is 0 Å². The average Bonchev–Trinajstić information content (AvgIpc) is 2.39. The van der Waals surface area contributed by atoms with Gasteiger partial charge >= 0.3 is 0 Å². The number of hydrogen-bond acceptors (Lipinski definition) is 3. The van der Waals surface area contributed by atoms with Gasteiger partial charge in [-0.15, -0.1) is 11.8 Å². The highest BCUT2D eigenvalue weighted by Gasteiger charge is 2.17. The lowest BCUT2D eigenvalue weighted by Gasteiger charge is -2.25. The Morgan fingerprint density at radius 3 is 2.76 bits per heavy atom. The maximum Gasteiger partial charge on any atom is 0.256 e. The highest BCUT2D eigenvalue weighted by atomic mass is 32.2. The van der Waals surface area contributed by atoms with Gasteiger partial charge in [0, 0.05) is 11.4 Å². The molecule has 2 rings (SSSR count). The Morgan fingerprint density at radius 1 is 1.35 bits per heavy atom. The summed E-state index contributed by atoms with van der Waals surface area (Å²) in [6.45, 7) is 3.45. The molecule has 17 heavy (non-hydrogen) atoms. The number of nitrogens with zero attached hydrogens (tertiary/aromatic N) is 1. The maximum absolute atomic E-state index is 11.8. The molecule has 0 atom stereocenters. The molecule has 1 amide bonds. The van der Waals surface area contributed by atoms with Gasteiger partial charge < -0.3 is 0 Å². The number of aryl methyl sites for hydroxylation is 1. The van der Waals surface area contributed by atoms with Crippen LogP contribution in [0.15, 0.2) is 29.2 Å². The molecule has 1 aromatic carbocycles. The molecule has 0 unspecified atom stereocenters. The highest BCUT2D eigenvalue weighted by Crippen LogP contribution is 2.19. The molecule has 0 radical (unpaired) electrons. The number of hydrogen-bond donors (Lipinski definition) is 0. The van der Waals surface area contributed by atoms with Gasteiger partial charge in [0.1, 0.15) is 0 Å². The van der Waals surface area contributed by atoms with E-state index in [1.807, 2.05) is 12.1 Å². The zero-order valence-electron chi connectivity index (χ0n) is 10.0. The molecule has 1 aromatic rings. The van der Waals surface area contributed by atoms with Crippen molar-refractivity contribution in [1.29, 1.82) is 0 Å². The normalized spacial score (nSPS) is 15.9. The molecule has 1 fully saturated rings. The van der Waals surface area contributed by atoms with Crippen LogP contribution >= 0.6 is 11.8 Å². The SMILES string of the molecule is Cc1ccc(SCC(=O)N2CCCCO2)cc1. The molecule has 1 aliphatic rings. The number of thioether (sulfide) groups is 1. The topological polar surface area (TPSA) is 29.5 Å². The molecule has 0 bridgehead atoms. The van der Waals surface area contributed by atoms with Crippen LogP contribution in [0.4, 0.5) is 0 Å². The molecule has 0 saturated carbocycles. The predicted molar refractivity (Wildman–Crippen MR) is 68.8 cm³/mol. The zero-order valence-corrected chi connectivity index (χ0v) is 10.8. The second kappa shape index (κ2) is 6.07. The Morgan fingerprint density at radius 2 is 2.12 bits per heavy atom. The van der Waals surface area contributed by atoms with E-state index in [2.05, 4.69) is 19.1 Å².